The van der Waals surface area contributed by atoms with Gasteiger partial charge in [0.2, 0.25) is 0 Å². The van der Waals surface area contributed by atoms with Gasteiger partial charge in [0.15, 0.2) is 0 Å². The Morgan fingerprint density at radius 2 is 2.11 bits per heavy atom. The monoisotopic (exact) mass is 127 g/mol. The molecule has 2 fully saturated rings. The van der Waals surface area contributed by atoms with Gasteiger partial charge in [-0.05, 0) is 12.8 Å². The highest BCUT2D eigenvalue weighted by Crippen LogP contribution is 2.19. The van der Waals surface area contributed by atoms with Crippen LogP contribution < -0.4 is 5.32 Å². The molecule has 0 aromatic rings. The molecule has 2 aliphatic rings. The first kappa shape index (κ1) is 5.69. The quantitative estimate of drug-likeness (QED) is 0.592. The van der Waals surface area contributed by atoms with Crippen molar-refractivity contribution in [3.63, 3.8) is 0 Å². The highest BCUT2D eigenvalue weighted by molar-refractivity contribution is 4.82. The molecule has 1 aliphatic heterocycles. The maximum Gasteiger partial charge on any atom is 0.0528 e. The summed E-state index contributed by atoms with van der Waals surface area (Å²) in [6, 6.07) is 0.866. The number of hydrogen-bond donors (Lipinski definition) is 1. The Labute approximate surface area is 55.6 Å². The molecule has 0 amide bonds. The molecule has 1 saturated carbocycles. The molecule has 0 aromatic carbocycles. The molecule has 9 heavy (non-hydrogen) atoms. The maximum atomic E-state index is 5.05. The number of rotatable bonds is 3. The van der Waals surface area contributed by atoms with Crippen LogP contribution in [-0.4, -0.2) is 25.8 Å². The molecule has 1 saturated heterocycles. The van der Waals surface area contributed by atoms with Crippen LogP contribution in [0.25, 0.3) is 0 Å². The van der Waals surface area contributed by atoms with Gasteiger partial charge >= 0.3 is 0 Å². The van der Waals surface area contributed by atoms with Gasteiger partial charge in [0, 0.05) is 18.5 Å². The van der Waals surface area contributed by atoms with Crippen molar-refractivity contribution in [1.82, 2.24) is 5.32 Å². The maximum absolute atomic E-state index is 5.05. The van der Waals surface area contributed by atoms with E-state index in [-0.39, 0.29) is 0 Å². The summed E-state index contributed by atoms with van der Waals surface area (Å²) in [6.45, 7) is 3.16. The van der Waals surface area contributed by atoms with Crippen LogP contribution in [-0.2, 0) is 4.74 Å². The Kier molecular flexibility index (Phi) is 1.44. The average molecular weight is 127 g/mol. The summed E-state index contributed by atoms with van der Waals surface area (Å²) >= 11 is 0. The van der Waals surface area contributed by atoms with E-state index in [9.17, 15) is 0 Å². The predicted molar refractivity (Wildman–Crippen MR) is 35.3 cm³/mol. The van der Waals surface area contributed by atoms with Gasteiger partial charge in [0.25, 0.3) is 0 Å². The minimum Gasteiger partial charge on any atom is -0.381 e. The average Bonchev–Trinajstić information content (AvgIpc) is 2.44. The zero-order chi connectivity index (χ0) is 6.10. The molecular formula is C7H13NO. The lowest BCUT2D eigenvalue weighted by Crippen LogP contribution is -2.37. The van der Waals surface area contributed by atoms with Crippen LogP contribution in [0.3, 0.4) is 0 Å². The zero-order valence-corrected chi connectivity index (χ0v) is 5.60. The lowest BCUT2D eigenvalue weighted by Gasteiger charge is -2.25. The zero-order valence-electron chi connectivity index (χ0n) is 5.60. The lowest BCUT2D eigenvalue weighted by atomic mass is 10.1. The first-order valence-electron chi connectivity index (χ1n) is 3.76. The molecule has 2 nitrogen and oxygen atoms in total. The van der Waals surface area contributed by atoms with Gasteiger partial charge in [-0.3, -0.25) is 0 Å². The Morgan fingerprint density at radius 1 is 1.33 bits per heavy atom. The molecule has 2 heteroatoms. The van der Waals surface area contributed by atoms with Gasteiger partial charge in [0.05, 0.1) is 13.2 Å². The Hall–Kier alpha value is -0.0800. The smallest absolute Gasteiger partial charge is 0.0528 e. The van der Waals surface area contributed by atoms with Crippen molar-refractivity contribution in [3.8, 4) is 0 Å². The summed E-state index contributed by atoms with van der Waals surface area (Å²) in [6.07, 6.45) is 2.79. The summed E-state index contributed by atoms with van der Waals surface area (Å²) in [4.78, 5) is 0. The van der Waals surface area contributed by atoms with Gasteiger partial charge in [0.1, 0.15) is 0 Å². The van der Waals surface area contributed by atoms with Crippen LogP contribution in [0.2, 0.25) is 0 Å². The van der Waals surface area contributed by atoms with Gasteiger partial charge in [-0.25, -0.2) is 0 Å². The van der Waals surface area contributed by atoms with E-state index in [2.05, 4.69) is 5.32 Å². The van der Waals surface area contributed by atoms with E-state index in [1.165, 1.54) is 19.4 Å². The summed E-state index contributed by atoms with van der Waals surface area (Å²) < 4.78 is 5.05. The van der Waals surface area contributed by atoms with Crippen LogP contribution in [0.4, 0.5) is 0 Å². The van der Waals surface area contributed by atoms with E-state index >= 15 is 0 Å². The molecule has 0 aromatic heterocycles. The van der Waals surface area contributed by atoms with E-state index in [4.69, 9.17) is 4.74 Å². The van der Waals surface area contributed by atoms with Crippen LogP contribution in [0.1, 0.15) is 12.8 Å². The first-order valence-corrected chi connectivity index (χ1v) is 3.76. The van der Waals surface area contributed by atoms with Crippen LogP contribution in [0.5, 0.6) is 0 Å². The van der Waals surface area contributed by atoms with Crippen molar-refractivity contribution in [2.75, 3.05) is 19.8 Å². The molecule has 0 spiro atoms. The third-order valence-electron chi connectivity index (χ3n) is 1.98. The number of hydrogen-bond acceptors (Lipinski definition) is 2. The van der Waals surface area contributed by atoms with Gasteiger partial charge in [-0.2, -0.15) is 0 Å². The summed E-state index contributed by atoms with van der Waals surface area (Å²) in [5.74, 6) is 0.825. The SMILES string of the molecule is C(NC1CC1)C1COC1. The predicted octanol–water partition coefficient (Wildman–Crippen LogP) is 0.385. The molecule has 0 bridgehead atoms. The third kappa shape index (κ3) is 1.43. The second-order valence-corrected chi connectivity index (χ2v) is 3.09. The highest BCUT2D eigenvalue weighted by Gasteiger charge is 2.24. The van der Waals surface area contributed by atoms with Gasteiger partial charge in [-0.15, -0.1) is 0 Å². The van der Waals surface area contributed by atoms with Crippen molar-refractivity contribution in [2.45, 2.75) is 18.9 Å². The van der Waals surface area contributed by atoms with E-state index in [0.29, 0.717) is 0 Å². The minimum atomic E-state index is 0.825. The van der Waals surface area contributed by atoms with Gasteiger partial charge < -0.3 is 10.1 Å². The van der Waals surface area contributed by atoms with Crippen molar-refractivity contribution < 1.29 is 4.74 Å². The summed E-state index contributed by atoms with van der Waals surface area (Å²) in [5, 5.41) is 3.48. The topological polar surface area (TPSA) is 21.3 Å². The normalized spacial score (nSPS) is 28.0. The minimum absolute atomic E-state index is 0.825. The second kappa shape index (κ2) is 2.27. The van der Waals surface area contributed by atoms with Crippen LogP contribution >= 0.6 is 0 Å². The molecule has 0 atom stereocenters. The molecule has 0 radical (unpaired) electrons. The molecule has 2 rings (SSSR count). The largest absolute Gasteiger partial charge is 0.381 e. The Morgan fingerprint density at radius 3 is 2.56 bits per heavy atom. The van der Waals surface area contributed by atoms with Crippen molar-refractivity contribution in [2.24, 2.45) is 5.92 Å². The highest BCUT2D eigenvalue weighted by atomic mass is 16.5. The fourth-order valence-electron chi connectivity index (χ4n) is 1.02. The lowest BCUT2D eigenvalue weighted by molar-refractivity contribution is -0.0307. The van der Waals surface area contributed by atoms with Crippen LogP contribution in [0, 0.1) is 5.92 Å². The molecule has 1 N–H and O–H groups in total. The van der Waals surface area contributed by atoms with E-state index in [1.807, 2.05) is 0 Å². The molecule has 1 heterocycles. The Balaban J connectivity index is 1.55. The molecular weight excluding hydrogens is 114 g/mol. The van der Waals surface area contributed by atoms with E-state index in [1.54, 1.807) is 0 Å². The van der Waals surface area contributed by atoms with E-state index in [0.717, 1.165) is 25.2 Å². The third-order valence-corrected chi connectivity index (χ3v) is 1.98. The van der Waals surface area contributed by atoms with Gasteiger partial charge in [-0.1, -0.05) is 0 Å². The number of nitrogens with one attached hydrogen (secondary N) is 1. The summed E-state index contributed by atoms with van der Waals surface area (Å²) in [5.41, 5.74) is 0. The van der Waals surface area contributed by atoms with Crippen molar-refractivity contribution in [3.05, 3.63) is 0 Å². The van der Waals surface area contributed by atoms with Crippen molar-refractivity contribution >= 4 is 0 Å². The Bertz CT molecular complexity index is 97.1. The molecule has 0 unspecified atom stereocenters. The van der Waals surface area contributed by atoms with Crippen LogP contribution in [0.15, 0.2) is 0 Å². The number of ether oxygens (including phenoxy) is 1. The standard InChI is InChI=1S/C7H13NO/c1-2-7(1)8-3-6-4-9-5-6/h6-8H,1-5H2. The molecule has 52 valence electrons. The fraction of sp³-hybridized carbons (Fsp3) is 1.00. The summed E-state index contributed by atoms with van der Waals surface area (Å²) in [7, 11) is 0. The molecule has 1 aliphatic carbocycles. The second-order valence-electron chi connectivity index (χ2n) is 3.09. The first-order chi connectivity index (χ1) is 4.45. The van der Waals surface area contributed by atoms with E-state index < -0.39 is 0 Å². The fourth-order valence-corrected chi connectivity index (χ4v) is 1.02. The van der Waals surface area contributed by atoms with Crippen molar-refractivity contribution in [1.29, 1.82) is 0 Å².